The van der Waals surface area contributed by atoms with Gasteiger partial charge in [-0.3, -0.25) is 4.68 Å². The maximum Gasteiger partial charge on any atom is 0.181 e. The smallest absolute Gasteiger partial charge is 0.181 e. The van der Waals surface area contributed by atoms with Gasteiger partial charge in [0.2, 0.25) is 0 Å². The van der Waals surface area contributed by atoms with Crippen molar-refractivity contribution in [2.24, 2.45) is 0 Å². The van der Waals surface area contributed by atoms with E-state index in [2.05, 4.69) is 10.1 Å². The van der Waals surface area contributed by atoms with Crippen LogP contribution in [0.1, 0.15) is 19.4 Å². The summed E-state index contributed by atoms with van der Waals surface area (Å²) in [6, 6.07) is 2.04. The van der Waals surface area contributed by atoms with E-state index in [1.165, 1.54) is 0 Å². The van der Waals surface area contributed by atoms with Crippen molar-refractivity contribution in [2.45, 2.75) is 32.9 Å². The molecule has 0 saturated carbocycles. The average Bonchev–Trinajstić information content (AvgIpc) is 2.42. The Morgan fingerprint density at radius 1 is 1.47 bits per heavy atom. The van der Waals surface area contributed by atoms with Gasteiger partial charge in [-0.1, -0.05) is 0 Å². The van der Waals surface area contributed by atoms with Crippen molar-refractivity contribution in [1.82, 2.24) is 14.8 Å². The van der Waals surface area contributed by atoms with Gasteiger partial charge in [0.15, 0.2) is 5.65 Å². The van der Waals surface area contributed by atoms with E-state index < -0.39 is 5.60 Å². The minimum absolute atomic E-state index is 0.475. The molecule has 0 amide bonds. The molecular formula is C11H15N3O. The van der Waals surface area contributed by atoms with Crippen LogP contribution in [0.5, 0.6) is 0 Å². The van der Waals surface area contributed by atoms with Crippen LogP contribution < -0.4 is 0 Å². The Hall–Kier alpha value is -1.42. The number of hydrogen-bond acceptors (Lipinski definition) is 3. The molecule has 0 fully saturated rings. The van der Waals surface area contributed by atoms with Gasteiger partial charge in [-0.25, -0.2) is 4.98 Å². The average molecular weight is 205 g/mol. The zero-order valence-corrected chi connectivity index (χ0v) is 9.23. The van der Waals surface area contributed by atoms with E-state index in [1.54, 1.807) is 24.7 Å². The third kappa shape index (κ3) is 2.33. The van der Waals surface area contributed by atoms with Gasteiger partial charge in [0.25, 0.3) is 0 Å². The number of rotatable bonds is 2. The summed E-state index contributed by atoms with van der Waals surface area (Å²) in [6.45, 7) is 6.00. The number of hydrogen-bond donors (Lipinski definition) is 1. The Morgan fingerprint density at radius 2 is 2.20 bits per heavy atom. The summed E-state index contributed by atoms with van der Waals surface area (Å²) in [5.74, 6) is 0. The summed E-state index contributed by atoms with van der Waals surface area (Å²) in [6.07, 6.45) is 3.71. The van der Waals surface area contributed by atoms with Gasteiger partial charge < -0.3 is 5.11 Å². The second kappa shape index (κ2) is 3.31. The molecular weight excluding hydrogens is 190 g/mol. The minimum Gasteiger partial charge on any atom is -0.389 e. The first-order valence-electron chi connectivity index (χ1n) is 4.96. The van der Waals surface area contributed by atoms with Crippen LogP contribution in [-0.4, -0.2) is 25.5 Å². The van der Waals surface area contributed by atoms with E-state index in [1.807, 2.05) is 19.2 Å². The van der Waals surface area contributed by atoms with E-state index >= 15 is 0 Å². The Labute approximate surface area is 88.6 Å². The molecule has 4 heteroatoms. The Bertz CT molecular complexity index is 482. The predicted molar refractivity (Wildman–Crippen MR) is 58.6 cm³/mol. The molecule has 4 nitrogen and oxygen atoms in total. The first-order chi connectivity index (χ1) is 6.94. The van der Waals surface area contributed by atoms with Crippen molar-refractivity contribution in [3.05, 3.63) is 24.0 Å². The highest BCUT2D eigenvalue weighted by Gasteiger charge is 2.14. The standard InChI is InChI=1S/C11H15N3O/c1-8-4-9-6-14(7-11(2,3)15)13-10(9)12-5-8/h4-6,15H,7H2,1-3H3. The number of pyridine rings is 1. The maximum atomic E-state index is 9.67. The summed E-state index contributed by atoms with van der Waals surface area (Å²) in [4.78, 5) is 4.22. The van der Waals surface area contributed by atoms with Gasteiger partial charge in [0.1, 0.15) is 0 Å². The van der Waals surface area contributed by atoms with Gasteiger partial charge in [-0.2, -0.15) is 5.10 Å². The van der Waals surface area contributed by atoms with Crippen LogP contribution in [0.15, 0.2) is 18.5 Å². The first kappa shape index (κ1) is 10.1. The molecule has 0 spiro atoms. The molecule has 0 saturated heterocycles. The van der Waals surface area contributed by atoms with Crippen molar-refractivity contribution in [1.29, 1.82) is 0 Å². The Morgan fingerprint density at radius 3 is 2.87 bits per heavy atom. The van der Waals surface area contributed by atoms with Crippen molar-refractivity contribution >= 4 is 11.0 Å². The van der Waals surface area contributed by atoms with Crippen LogP contribution in [0.2, 0.25) is 0 Å². The lowest BCUT2D eigenvalue weighted by atomic mass is 10.1. The van der Waals surface area contributed by atoms with Gasteiger partial charge in [0.05, 0.1) is 12.1 Å². The monoisotopic (exact) mass is 205 g/mol. The first-order valence-corrected chi connectivity index (χ1v) is 4.96. The minimum atomic E-state index is -0.753. The summed E-state index contributed by atoms with van der Waals surface area (Å²) in [5, 5.41) is 15.0. The van der Waals surface area contributed by atoms with Gasteiger partial charge in [-0.05, 0) is 32.4 Å². The highest BCUT2D eigenvalue weighted by molar-refractivity contribution is 5.74. The predicted octanol–water partition coefficient (Wildman–Crippen LogP) is 1.51. The fourth-order valence-electron chi connectivity index (χ4n) is 1.55. The SMILES string of the molecule is Cc1cnc2nn(CC(C)(C)O)cc2c1. The molecule has 1 N–H and O–H groups in total. The van der Waals surface area contributed by atoms with Crippen molar-refractivity contribution in [3.8, 4) is 0 Å². The lowest BCUT2D eigenvalue weighted by Crippen LogP contribution is -2.26. The van der Waals surface area contributed by atoms with Crippen LogP contribution in [0.3, 0.4) is 0 Å². The summed E-state index contributed by atoms with van der Waals surface area (Å²) >= 11 is 0. The van der Waals surface area contributed by atoms with Crippen LogP contribution in [0.25, 0.3) is 11.0 Å². The molecule has 0 bridgehead atoms. The zero-order valence-electron chi connectivity index (χ0n) is 9.23. The number of nitrogens with zero attached hydrogens (tertiary/aromatic N) is 3. The van der Waals surface area contributed by atoms with Crippen LogP contribution >= 0.6 is 0 Å². The third-order valence-electron chi connectivity index (χ3n) is 2.09. The second-order valence-electron chi connectivity index (χ2n) is 4.56. The molecule has 80 valence electrons. The van der Waals surface area contributed by atoms with E-state index in [4.69, 9.17) is 0 Å². The van der Waals surface area contributed by atoms with E-state index in [9.17, 15) is 5.11 Å². The molecule has 2 aromatic heterocycles. The molecule has 0 aliphatic heterocycles. The van der Waals surface area contributed by atoms with Crippen molar-refractivity contribution in [3.63, 3.8) is 0 Å². The zero-order chi connectivity index (χ0) is 11.1. The molecule has 2 heterocycles. The highest BCUT2D eigenvalue weighted by atomic mass is 16.3. The summed E-state index contributed by atoms with van der Waals surface area (Å²) in [7, 11) is 0. The van der Waals surface area contributed by atoms with Gasteiger partial charge in [0, 0.05) is 17.8 Å². The van der Waals surface area contributed by atoms with E-state index in [-0.39, 0.29) is 0 Å². The van der Waals surface area contributed by atoms with Gasteiger partial charge >= 0.3 is 0 Å². The fourth-order valence-corrected chi connectivity index (χ4v) is 1.55. The number of aryl methyl sites for hydroxylation is 1. The lowest BCUT2D eigenvalue weighted by molar-refractivity contribution is 0.0579. The fraction of sp³-hybridized carbons (Fsp3) is 0.455. The van der Waals surface area contributed by atoms with Crippen molar-refractivity contribution in [2.75, 3.05) is 0 Å². The quantitative estimate of drug-likeness (QED) is 0.808. The Balaban J connectivity index is 2.39. The molecule has 0 atom stereocenters. The molecule has 2 aromatic rings. The summed E-state index contributed by atoms with van der Waals surface area (Å²) in [5.41, 5.74) is 1.09. The topological polar surface area (TPSA) is 50.9 Å². The van der Waals surface area contributed by atoms with Crippen LogP contribution in [0, 0.1) is 6.92 Å². The largest absolute Gasteiger partial charge is 0.389 e. The number of fused-ring (bicyclic) bond motifs is 1. The number of aliphatic hydroxyl groups is 1. The van der Waals surface area contributed by atoms with Crippen LogP contribution in [0.4, 0.5) is 0 Å². The second-order valence-corrected chi connectivity index (χ2v) is 4.56. The molecule has 0 aliphatic carbocycles. The molecule has 0 unspecified atom stereocenters. The molecule has 15 heavy (non-hydrogen) atoms. The number of aromatic nitrogens is 3. The molecule has 0 radical (unpaired) electrons. The van der Waals surface area contributed by atoms with Gasteiger partial charge in [-0.15, -0.1) is 0 Å². The molecule has 0 aromatic carbocycles. The van der Waals surface area contributed by atoms with Crippen LogP contribution in [-0.2, 0) is 6.54 Å². The third-order valence-corrected chi connectivity index (χ3v) is 2.09. The maximum absolute atomic E-state index is 9.67. The molecule has 0 aliphatic rings. The normalized spacial score (nSPS) is 12.3. The summed E-state index contributed by atoms with van der Waals surface area (Å²) < 4.78 is 1.73. The van der Waals surface area contributed by atoms with E-state index in [0.29, 0.717) is 6.54 Å². The van der Waals surface area contributed by atoms with Crippen molar-refractivity contribution < 1.29 is 5.11 Å². The lowest BCUT2D eigenvalue weighted by Gasteiger charge is -2.16. The molecule has 2 rings (SSSR count). The Kier molecular flexibility index (Phi) is 2.23. The van der Waals surface area contributed by atoms with E-state index in [0.717, 1.165) is 16.6 Å². The highest BCUT2D eigenvalue weighted by Crippen LogP contribution is 2.13.